The van der Waals surface area contributed by atoms with E-state index in [-0.39, 0.29) is 23.4 Å². The van der Waals surface area contributed by atoms with Gasteiger partial charge >= 0.3 is 0 Å². The molecule has 9 heteroatoms. The Morgan fingerprint density at radius 1 is 1.24 bits per heavy atom. The van der Waals surface area contributed by atoms with E-state index in [0.717, 1.165) is 19.3 Å². The zero-order chi connectivity index (χ0) is 23.8. The van der Waals surface area contributed by atoms with Crippen LogP contribution >= 0.6 is 11.3 Å². The first-order chi connectivity index (χ1) is 15.7. The van der Waals surface area contributed by atoms with Crippen LogP contribution in [0.15, 0.2) is 24.3 Å². The number of carbonyl (C=O) groups is 2. The van der Waals surface area contributed by atoms with Crippen LogP contribution in [0.5, 0.6) is 0 Å². The topological polar surface area (TPSA) is 89.3 Å². The Kier molecular flexibility index (Phi) is 6.54. The molecule has 1 aromatic carbocycles. The van der Waals surface area contributed by atoms with E-state index in [0.29, 0.717) is 39.9 Å². The molecule has 1 aliphatic heterocycles. The first-order valence-corrected chi connectivity index (χ1v) is 12.1. The first kappa shape index (κ1) is 23.4. The summed E-state index contributed by atoms with van der Waals surface area (Å²) in [5, 5.41) is 8.03. The van der Waals surface area contributed by atoms with E-state index in [9.17, 15) is 9.59 Å². The van der Waals surface area contributed by atoms with Gasteiger partial charge in [0, 0.05) is 19.2 Å². The molecule has 0 saturated carbocycles. The van der Waals surface area contributed by atoms with Crippen molar-refractivity contribution in [2.45, 2.75) is 58.5 Å². The van der Waals surface area contributed by atoms with Gasteiger partial charge in [0.2, 0.25) is 0 Å². The summed E-state index contributed by atoms with van der Waals surface area (Å²) >= 11 is 1.29. The SMILES string of the molecule is CCc1ccc(C(=O)Nc2nc3c(s2)c(C(=O)N2CCC[C@H]2COC)nn3C(C)(C)C)cc1. The summed E-state index contributed by atoms with van der Waals surface area (Å²) in [6.07, 6.45) is 2.79. The molecule has 2 amide bonds. The largest absolute Gasteiger partial charge is 0.383 e. The molecule has 1 aliphatic rings. The Morgan fingerprint density at radius 3 is 2.61 bits per heavy atom. The maximum atomic E-state index is 13.5. The highest BCUT2D eigenvalue weighted by molar-refractivity contribution is 7.22. The standard InChI is InChI=1S/C24H31N5O3S/c1-6-15-9-11-16(12-10-15)21(30)26-23-25-20-19(33-23)18(27-29(20)24(2,3)4)22(31)28-13-7-8-17(28)14-32-5/h9-12,17H,6-8,13-14H2,1-5H3,(H,25,26,30)/t17-/m0/s1. The molecule has 1 N–H and O–H groups in total. The van der Waals surface area contributed by atoms with Gasteiger partial charge in [0.1, 0.15) is 4.70 Å². The lowest BCUT2D eigenvalue weighted by molar-refractivity contribution is 0.0625. The zero-order valence-corrected chi connectivity index (χ0v) is 20.7. The summed E-state index contributed by atoms with van der Waals surface area (Å²) in [7, 11) is 1.65. The van der Waals surface area contributed by atoms with Gasteiger partial charge in [-0.15, -0.1) is 0 Å². The predicted molar refractivity (Wildman–Crippen MR) is 130 cm³/mol. The van der Waals surface area contributed by atoms with Crippen molar-refractivity contribution in [3.63, 3.8) is 0 Å². The number of thiazole rings is 1. The van der Waals surface area contributed by atoms with Crippen molar-refractivity contribution in [2.75, 3.05) is 25.6 Å². The molecule has 33 heavy (non-hydrogen) atoms. The molecule has 1 fully saturated rings. The molecule has 176 valence electrons. The van der Waals surface area contributed by atoms with Crippen LogP contribution in [0.4, 0.5) is 5.13 Å². The molecule has 3 heterocycles. The lowest BCUT2D eigenvalue weighted by Crippen LogP contribution is -2.38. The smallest absolute Gasteiger partial charge is 0.276 e. The highest BCUT2D eigenvalue weighted by Gasteiger charge is 2.34. The number of ether oxygens (including phenoxy) is 1. The summed E-state index contributed by atoms with van der Waals surface area (Å²) in [4.78, 5) is 32.8. The fraction of sp³-hybridized carbons (Fsp3) is 0.500. The Morgan fingerprint density at radius 2 is 1.97 bits per heavy atom. The number of nitrogens with zero attached hydrogens (tertiary/aromatic N) is 4. The number of rotatable bonds is 6. The van der Waals surface area contributed by atoms with E-state index < -0.39 is 0 Å². The van der Waals surface area contributed by atoms with Crippen molar-refractivity contribution in [3.05, 3.63) is 41.1 Å². The van der Waals surface area contributed by atoms with Gasteiger partial charge < -0.3 is 9.64 Å². The van der Waals surface area contributed by atoms with Crippen molar-refractivity contribution in [2.24, 2.45) is 0 Å². The predicted octanol–water partition coefficient (Wildman–Crippen LogP) is 4.31. The molecule has 8 nitrogen and oxygen atoms in total. The summed E-state index contributed by atoms with van der Waals surface area (Å²) in [6.45, 7) is 9.33. The van der Waals surface area contributed by atoms with Gasteiger partial charge in [-0.25, -0.2) is 4.68 Å². The molecular formula is C24H31N5O3S. The number of hydrogen-bond acceptors (Lipinski definition) is 6. The van der Waals surface area contributed by atoms with Crippen molar-refractivity contribution in [1.29, 1.82) is 0 Å². The quantitative estimate of drug-likeness (QED) is 0.581. The number of hydrogen-bond donors (Lipinski definition) is 1. The number of carbonyl (C=O) groups excluding carboxylic acids is 2. The van der Waals surface area contributed by atoms with Crippen molar-refractivity contribution >= 4 is 38.6 Å². The second kappa shape index (κ2) is 9.23. The maximum absolute atomic E-state index is 13.5. The Labute approximate surface area is 197 Å². The minimum absolute atomic E-state index is 0.0514. The van der Waals surface area contributed by atoms with Crippen molar-refractivity contribution in [1.82, 2.24) is 19.7 Å². The third-order valence-corrected chi connectivity index (χ3v) is 6.87. The maximum Gasteiger partial charge on any atom is 0.276 e. The lowest BCUT2D eigenvalue weighted by Gasteiger charge is -2.23. The number of fused-ring (bicyclic) bond motifs is 1. The highest BCUT2D eigenvalue weighted by atomic mass is 32.1. The average Bonchev–Trinajstić information content (AvgIpc) is 3.48. The molecule has 1 atom stereocenters. The minimum Gasteiger partial charge on any atom is -0.383 e. The third-order valence-electron chi connectivity index (χ3n) is 5.90. The normalized spacial score (nSPS) is 16.5. The second-order valence-corrected chi connectivity index (χ2v) is 10.4. The van der Waals surface area contributed by atoms with Crippen molar-refractivity contribution in [3.8, 4) is 0 Å². The number of benzene rings is 1. The van der Waals surface area contributed by atoms with Gasteiger partial charge in [-0.1, -0.05) is 30.4 Å². The summed E-state index contributed by atoms with van der Waals surface area (Å²) in [5.41, 5.74) is 2.36. The monoisotopic (exact) mass is 469 g/mol. The number of amides is 2. The van der Waals surface area contributed by atoms with Gasteiger partial charge in [0.15, 0.2) is 16.5 Å². The summed E-state index contributed by atoms with van der Waals surface area (Å²) in [6, 6.07) is 7.59. The number of aromatic nitrogens is 3. The fourth-order valence-corrected chi connectivity index (χ4v) is 5.05. The average molecular weight is 470 g/mol. The highest BCUT2D eigenvalue weighted by Crippen LogP contribution is 2.34. The van der Waals surface area contributed by atoms with Gasteiger partial charge in [-0.05, 0) is 57.7 Å². The van der Waals surface area contributed by atoms with E-state index >= 15 is 0 Å². The van der Waals surface area contributed by atoms with Gasteiger partial charge in [-0.2, -0.15) is 10.1 Å². The Hall–Kier alpha value is -2.78. The van der Waals surface area contributed by atoms with E-state index in [2.05, 4.69) is 22.3 Å². The number of likely N-dealkylation sites (tertiary alicyclic amines) is 1. The van der Waals surface area contributed by atoms with Crippen molar-refractivity contribution < 1.29 is 14.3 Å². The second-order valence-electron chi connectivity index (χ2n) is 9.36. The number of aryl methyl sites for hydroxylation is 1. The number of anilines is 1. The molecule has 0 bridgehead atoms. The summed E-state index contributed by atoms with van der Waals surface area (Å²) in [5.74, 6) is -0.337. The molecule has 0 spiro atoms. The van der Waals surface area contributed by atoms with Crippen LogP contribution < -0.4 is 5.32 Å². The minimum atomic E-state index is -0.376. The lowest BCUT2D eigenvalue weighted by atomic mass is 10.1. The molecule has 2 aromatic heterocycles. The van der Waals surface area contributed by atoms with Crippen LogP contribution in [-0.2, 0) is 16.7 Å². The molecule has 4 rings (SSSR count). The summed E-state index contributed by atoms with van der Waals surface area (Å²) < 4.78 is 7.78. The Bertz CT molecular complexity index is 1160. The zero-order valence-electron chi connectivity index (χ0n) is 19.8. The fourth-order valence-electron chi connectivity index (χ4n) is 4.13. The first-order valence-electron chi connectivity index (χ1n) is 11.3. The molecule has 0 radical (unpaired) electrons. The number of methoxy groups -OCH3 is 1. The Balaban J connectivity index is 1.67. The molecule has 0 unspecified atom stereocenters. The van der Waals surface area contributed by atoms with Crippen LogP contribution in [0.25, 0.3) is 10.3 Å². The van der Waals surface area contributed by atoms with Gasteiger partial charge in [-0.3, -0.25) is 14.9 Å². The van der Waals surface area contributed by atoms with Gasteiger partial charge in [0.05, 0.1) is 18.2 Å². The third kappa shape index (κ3) is 4.65. The van der Waals surface area contributed by atoms with Crippen LogP contribution in [0.1, 0.15) is 66.9 Å². The van der Waals surface area contributed by atoms with E-state index in [4.69, 9.17) is 4.74 Å². The van der Waals surface area contributed by atoms with Crippen LogP contribution in [0.3, 0.4) is 0 Å². The van der Waals surface area contributed by atoms with Crippen LogP contribution in [0.2, 0.25) is 0 Å². The van der Waals surface area contributed by atoms with Crippen LogP contribution in [0, 0.1) is 0 Å². The van der Waals surface area contributed by atoms with E-state index in [1.807, 2.05) is 49.9 Å². The molecule has 3 aromatic rings. The molecular weight excluding hydrogens is 438 g/mol. The number of nitrogens with one attached hydrogen (secondary N) is 1. The van der Waals surface area contributed by atoms with E-state index in [1.54, 1.807) is 11.8 Å². The van der Waals surface area contributed by atoms with Crippen LogP contribution in [-0.4, -0.2) is 57.8 Å². The molecule has 1 saturated heterocycles. The molecule has 0 aliphatic carbocycles. The van der Waals surface area contributed by atoms with E-state index in [1.165, 1.54) is 16.9 Å². The van der Waals surface area contributed by atoms with Gasteiger partial charge in [0.25, 0.3) is 11.8 Å².